The Kier molecular flexibility index (Phi) is 6.80. The molecule has 31 heavy (non-hydrogen) atoms. The first-order valence-corrected chi connectivity index (χ1v) is 11.3. The number of carbonyl (C=O) groups excluding carboxylic acids is 1. The summed E-state index contributed by atoms with van der Waals surface area (Å²) >= 11 is 0. The van der Waals surface area contributed by atoms with Crippen LogP contribution >= 0.6 is 0 Å². The average molecular weight is 422 g/mol. The molecule has 0 N–H and O–H groups in total. The summed E-state index contributed by atoms with van der Waals surface area (Å²) in [6.45, 7) is 4.65. The number of methoxy groups -OCH3 is 1. The Morgan fingerprint density at radius 3 is 2.35 bits per heavy atom. The summed E-state index contributed by atoms with van der Waals surface area (Å²) in [4.78, 5) is 14.2. The van der Waals surface area contributed by atoms with Gasteiger partial charge in [0.15, 0.2) is 0 Å². The van der Waals surface area contributed by atoms with Crippen molar-refractivity contribution in [2.45, 2.75) is 45.6 Å². The van der Waals surface area contributed by atoms with Crippen molar-refractivity contribution < 1.29 is 19.0 Å². The zero-order chi connectivity index (χ0) is 21.6. The molecule has 0 saturated carbocycles. The van der Waals surface area contributed by atoms with E-state index in [0.717, 1.165) is 77.4 Å². The number of nitrogens with zero attached hydrogens (tertiary/aromatic N) is 1. The maximum atomic E-state index is 12.4. The molecule has 0 aromatic heterocycles. The molecule has 1 aliphatic rings. The highest BCUT2D eigenvalue weighted by atomic mass is 16.6. The van der Waals surface area contributed by atoms with Crippen LogP contribution in [0.3, 0.4) is 0 Å². The number of rotatable bonds is 7. The van der Waals surface area contributed by atoms with Crippen molar-refractivity contribution in [2.24, 2.45) is 0 Å². The quantitative estimate of drug-likeness (QED) is 0.332. The maximum Gasteiger partial charge on any atom is 0.410 e. The third-order valence-corrected chi connectivity index (χ3v) is 5.91. The van der Waals surface area contributed by atoms with E-state index in [2.05, 4.69) is 31.2 Å². The predicted molar refractivity (Wildman–Crippen MR) is 124 cm³/mol. The molecule has 3 aromatic rings. The van der Waals surface area contributed by atoms with E-state index in [1.807, 2.05) is 18.2 Å². The highest BCUT2D eigenvalue weighted by Crippen LogP contribution is 2.43. The van der Waals surface area contributed by atoms with Crippen LogP contribution in [-0.2, 0) is 11.3 Å². The number of ether oxygens (including phenoxy) is 3. The summed E-state index contributed by atoms with van der Waals surface area (Å²) in [5.74, 6) is 1.70. The van der Waals surface area contributed by atoms with E-state index in [1.54, 1.807) is 12.0 Å². The first-order chi connectivity index (χ1) is 15.2. The predicted octanol–water partition coefficient (Wildman–Crippen LogP) is 6.30. The fourth-order valence-corrected chi connectivity index (χ4v) is 4.24. The molecule has 1 heterocycles. The molecular formula is C26H31NO4. The van der Waals surface area contributed by atoms with E-state index >= 15 is 0 Å². The van der Waals surface area contributed by atoms with Crippen LogP contribution in [0.4, 0.5) is 4.79 Å². The summed E-state index contributed by atoms with van der Waals surface area (Å²) in [5, 5.41) is 4.05. The lowest BCUT2D eigenvalue weighted by Crippen LogP contribution is -2.35. The van der Waals surface area contributed by atoms with Crippen LogP contribution in [0.15, 0.2) is 42.5 Å². The van der Waals surface area contributed by atoms with E-state index in [-0.39, 0.29) is 12.7 Å². The highest BCUT2D eigenvalue weighted by molar-refractivity contribution is 6.11. The molecule has 3 aromatic carbocycles. The molecule has 1 amide bonds. The van der Waals surface area contributed by atoms with Gasteiger partial charge in [0.2, 0.25) is 0 Å². The molecule has 5 nitrogen and oxygen atoms in total. The van der Waals surface area contributed by atoms with Crippen LogP contribution in [0, 0.1) is 0 Å². The monoisotopic (exact) mass is 421 g/mol. The summed E-state index contributed by atoms with van der Waals surface area (Å²) < 4.78 is 17.7. The number of benzene rings is 3. The lowest BCUT2D eigenvalue weighted by Gasteiger charge is -2.25. The summed E-state index contributed by atoms with van der Waals surface area (Å²) in [5.41, 5.74) is 0.936. The highest BCUT2D eigenvalue weighted by Gasteiger charge is 2.19. The number of carbonyl (C=O) groups is 1. The minimum absolute atomic E-state index is 0.228. The fourth-order valence-electron chi connectivity index (χ4n) is 4.24. The van der Waals surface area contributed by atoms with Crippen molar-refractivity contribution in [3.63, 3.8) is 0 Å². The van der Waals surface area contributed by atoms with Crippen molar-refractivity contribution in [2.75, 3.05) is 26.8 Å². The Labute approximate surface area is 183 Å². The van der Waals surface area contributed by atoms with E-state index < -0.39 is 0 Å². The minimum atomic E-state index is -0.228. The Bertz CT molecular complexity index is 1060. The Morgan fingerprint density at radius 1 is 0.935 bits per heavy atom. The van der Waals surface area contributed by atoms with Gasteiger partial charge in [0.25, 0.3) is 0 Å². The molecule has 0 spiro atoms. The van der Waals surface area contributed by atoms with Gasteiger partial charge in [0.1, 0.15) is 18.1 Å². The van der Waals surface area contributed by atoms with Crippen LogP contribution in [-0.4, -0.2) is 37.8 Å². The van der Waals surface area contributed by atoms with Crippen molar-refractivity contribution in [1.82, 2.24) is 4.90 Å². The van der Waals surface area contributed by atoms with Gasteiger partial charge in [0.05, 0.1) is 13.7 Å². The number of amides is 1. The molecule has 164 valence electrons. The normalized spacial score (nSPS) is 14.1. The first-order valence-electron chi connectivity index (χ1n) is 11.3. The zero-order valence-electron chi connectivity index (χ0n) is 18.5. The first kappa shape index (κ1) is 21.3. The fraction of sp³-hybridized carbons (Fsp3) is 0.423. The van der Waals surface area contributed by atoms with Crippen LogP contribution in [0.2, 0.25) is 0 Å². The molecule has 0 radical (unpaired) electrons. The summed E-state index contributed by atoms with van der Waals surface area (Å²) in [7, 11) is 1.70. The van der Waals surface area contributed by atoms with Gasteiger partial charge in [-0.15, -0.1) is 0 Å². The summed E-state index contributed by atoms with van der Waals surface area (Å²) in [6, 6.07) is 14.3. The van der Waals surface area contributed by atoms with Crippen molar-refractivity contribution in [3.8, 4) is 11.5 Å². The van der Waals surface area contributed by atoms with Crippen LogP contribution < -0.4 is 9.47 Å². The third-order valence-electron chi connectivity index (χ3n) is 5.91. The molecule has 0 unspecified atom stereocenters. The van der Waals surface area contributed by atoms with Gasteiger partial charge < -0.3 is 19.1 Å². The van der Waals surface area contributed by atoms with E-state index in [0.29, 0.717) is 6.61 Å². The molecule has 1 fully saturated rings. The SMILES string of the molecule is CCCCOc1c2ccccc2c(OC)c2cc(COC(=O)N3CCCCC3)ccc12. The van der Waals surface area contributed by atoms with Crippen molar-refractivity contribution in [1.29, 1.82) is 0 Å². The minimum Gasteiger partial charge on any atom is -0.495 e. The van der Waals surface area contributed by atoms with Gasteiger partial charge in [-0.25, -0.2) is 4.79 Å². The molecule has 4 rings (SSSR count). The van der Waals surface area contributed by atoms with Gasteiger partial charge >= 0.3 is 6.09 Å². The zero-order valence-corrected chi connectivity index (χ0v) is 18.5. The molecular weight excluding hydrogens is 390 g/mol. The molecule has 1 aliphatic heterocycles. The van der Waals surface area contributed by atoms with Crippen molar-refractivity contribution in [3.05, 3.63) is 48.0 Å². The molecule has 1 saturated heterocycles. The standard InChI is InChI=1S/C26H31NO4/c1-3-4-16-30-25-21-11-7-6-10-20(21)24(29-2)23-17-19(12-13-22(23)25)18-31-26(28)27-14-8-5-9-15-27/h6-7,10-13,17H,3-5,8-9,14-16,18H2,1-2H3. The van der Waals surface area contributed by atoms with E-state index in [4.69, 9.17) is 14.2 Å². The van der Waals surface area contributed by atoms with Gasteiger partial charge in [-0.1, -0.05) is 49.7 Å². The Hall–Kier alpha value is -2.95. The number of piperidine rings is 1. The summed E-state index contributed by atoms with van der Waals surface area (Å²) in [6.07, 6.45) is 5.15. The third kappa shape index (κ3) is 4.55. The van der Waals surface area contributed by atoms with E-state index in [9.17, 15) is 4.79 Å². The van der Waals surface area contributed by atoms with Gasteiger partial charge in [-0.2, -0.15) is 0 Å². The van der Waals surface area contributed by atoms with Crippen molar-refractivity contribution >= 4 is 27.6 Å². The molecule has 0 atom stereocenters. The van der Waals surface area contributed by atoms with Gasteiger partial charge in [-0.3, -0.25) is 0 Å². The number of hydrogen-bond acceptors (Lipinski definition) is 4. The second-order valence-electron chi connectivity index (χ2n) is 8.09. The largest absolute Gasteiger partial charge is 0.495 e. The molecule has 0 bridgehead atoms. The molecule has 0 aliphatic carbocycles. The Balaban J connectivity index is 1.67. The topological polar surface area (TPSA) is 48.0 Å². The number of fused-ring (bicyclic) bond motifs is 2. The van der Waals surface area contributed by atoms with Gasteiger partial charge in [0, 0.05) is 34.6 Å². The number of unbranched alkanes of at least 4 members (excludes halogenated alkanes) is 1. The smallest absolute Gasteiger partial charge is 0.410 e. The average Bonchev–Trinajstić information content (AvgIpc) is 2.82. The second kappa shape index (κ2) is 9.90. The lowest BCUT2D eigenvalue weighted by atomic mass is 9.99. The van der Waals surface area contributed by atoms with Crippen LogP contribution in [0.1, 0.15) is 44.6 Å². The maximum absolute atomic E-state index is 12.4. The van der Waals surface area contributed by atoms with E-state index in [1.165, 1.54) is 6.42 Å². The number of hydrogen-bond donors (Lipinski definition) is 0. The van der Waals surface area contributed by atoms with Gasteiger partial charge in [-0.05, 0) is 37.3 Å². The van der Waals surface area contributed by atoms with Crippen LogP contribution in [0.5, 0.6) is 11.5 Å². The number of likely N-dealkylation sites (tertiary alicyclic amines) is 1. The Morgan fingerprint density at radius 2 is 1.65 bits per heavy atom. The van der Waals surface area contributed by atoms with Crippen LogP contribution in [0.25, 0.3) is 21.5 Å². The molecule has 5 heteroatoms. The second-order valence-corrected chi connectivity index (χ2v) is 8.09. The lowest BCUT2D eigenvalue weighted by molar-refractivity contribution is 0.0895.